The molecule has 1 aliphatic rings. The maximum atomic E-state index is 9.43. The third-order valence-corrected chi connectivity index (χ3v) is 7.54. The highest BCUT2D eigenvalue weighted by Gasteiger charge is 2.07. The van der Waals surface area contributed by atoms with Crippen molar-refractivity contribution >= 4 is 0 Å². The van der Waals surface area contributed by atoms with Gasteiger partial charge in [-0.15, -0.1) is 0 Å². The van der Waals surface area contributed by atoms with Crippen LogP contribution in [0.25, 0.3) is 0 Å². The van der Waals surface area contributed by atoms with E-state index in [4.69, 9.17) is 0 Å². The van der Waals surface area contributed by atoms with Gasteiger partial charge >= 0.3 is 0 Å². The van der Waals surface area contributed by atoms with Crippen LogP contribution in [0.2, 0.25) is 0 Å². The van der Waals surface area contributed by atoms with Crippen molar-refractivity contribution in [2.24, 2.45) is 5.92 Å². The van der Waals surface area contributed by atoms with E-state index in [2.05, 4.69) is 6.07 Å². The molecule has 0 bridgehead atoms. The molecule has 0 radical (unpaired) electrons. The molecule has 0 aromatic carbocycles. The molecule has 0 saturated heterocycles. The molecule has 0 aromatic rings. The van der Waals surface area contributed by atoms with E-state index in [9.17, 15) is 5.26 Å². The van der Waals surface area contributed by atoms with Crippen molar-refractivity contribution in [1.82, 2.24) is 0 Å². The van der Waals surface area contributed by atoms with Gasteiger partial charge in [-0.2, -0.15) is 5.26 Å². The Morgan fingerprint density at radius 1 is 0.290 bits per heavy atom. The van der Waals surface area contributed by atoms with Crippen LogP contribution in [0.3, 0.4) is 0 Å². The maximum Gasteiger partial charge on any atom is 0.0655 e. The fraction of sp³-hybridized carbons (Fsp3) is 0.967. The minimum Gasteiger partial charge on any atom is -0.198 e. The molecule has 31 heavy (non-hydrogen) atoms. The highest BCUT2D eigenvalue weighted by molar-refractivity contribution is 4.82. The SMILES string of the molecule is N#CC1CCCCCCCCCCCCCCCCCCCCCCCCCCCC1. The van der Waals surface area contributed by atoms with E-state index in [-0.39, 0.29) is 0 Å². The lowest BCUT2D eigenvalue weighted by molar-refractivity contribution is 0.468. The summed E-state index contributed by atoms with van der Waals surface area (Å²) in [6, 6.07) is 2.59. The standard InChI is InChI=1S/C30H57N/c31-29-30-27-25-23-21-19-17-15-13-11-9-7-5-3-1-2-4-6-8-10-12-14-16-18-20-22-24-26-28-30/h30H,1-28H2. The van der Waals surface area contributed by atoms with E-state index < -0.39 is 0 Å². The van der Waals surface area contributed by atoms with Crippen LogP contribution in [-0.2, 0) is 0 Å². The first-order valence-electron chi connectivity index (χ1n) is 14.8. The largest absolute Gasteiger partial charge is 0.198 e. The van der Waals surface area contributed by atoms with Crippen LogP contribution in [0, 0.1) is 17.2 Å². The lowest BCUT2D eigenvalue weighted by atomic mass is 9.95. The summed E-state index contributed by atoms with van der Waals surface area (Å²) >= 11 is 0. The van der Waals surface area contributed by atoms with Crippen molar-refractivity contribution in [1.29, 1.82) is 5.26 Å². The Balaban J connectivity index is 2.12. The van der Waals surface area contributed by atoms with Gasteiger partial charge in [0.25, 0.3) is 0 Å². The molecule has 182 valence electrons. The molecule has 0 spiro atoms. The second-order valence-electron chi connectivity index (χ2n) is 10.6. The zero-order chi connectivity index (χ0) is 22.1. The second-order valence-corrected chi connectivity index (χ2v) is 10.6. The Kier molecular flexibility index (Phi) is 22.2. The predicted molar refractivity (Wildman–Crippen MR) is 138 cm³/mol. The van der Waals surface area contributed by atoms with Crippen molar-refractivity contribution < 1.29 is 0 Å². The number of rotatable bonds is 0. The van der Waals surface area contributed by atoms with E-state index in [1.165, 1.54) is 167 Å². The van der Waals surface area contributed by atoms with Gasteiger partial charge in [-0.05, 0) is 12.8 Å². The van der Waals surface area contributed by atoms with Crippen LogP contribution >= 0.6 is 0 Å². The van der Waals surface area contributed by atoms with E-state index >= 15 is 0 Å². The van der Waals surface area contributed by atoms with Gasteiger partial charge in [0.15, 0.2) is 0 Å². The Bertz CT molecular complexity index is 352. The lowest BCUT2D eigenvalue weighted by Gasteiger charge is -2.09. The van der Waals surface area contributed by atoms with Gasteiger partial charge in [-0.25, -0.2) is 0 Å². The molecule has 1 fully saturated rings. The minimum absolute atomic E-state index is 0.330. The third kappa shape index (κ3) is 21.1. The van der Waals surface area contributed by atoms with Gasteiger partial charge in [0.1, 0.15) is 0 Å². The van der Waals surface area contributed by atoms with Crippen LogP contribution < -0.4 is 0 Å². The molecule has 0 aromatic heterocycles. The number of hydrogen-bond acceptors (Lipinski definition) is 1. The summed E-state index contributed by atoms with van der Waals surface area (Å²) in [5.41, 5.74) is 0. The fourth-order valence-corrected chi connectivity index (χ4v) is 5.30. The third-order valence-electron chi connectivity index (χ3n) is 7.54. The highest BCUT2D eigenvalue weighted by Crippen LogP contribution is 2.20. The number of hydrogen-bond donors (Lipinski definition) is 0. The van der Waals surface area contributed by atoms with Crippen molar-refractivity contribution in [3.05, 3.63) is 0 Å². The normalized spacial score (nSPS) is 23.6. The van der Waals surface area contributed by atoms with Gasteiger partial charge in [-0.1, -0.05) is 167 Å². The Morgan fingerprint density at radius 2 is 0.452 bits per heavy atom. The van der Waals surface area contributed by atoms with Crippen LogP contribution in [-0.4, -0.2) is 0 Å². The summed E-state index contributed by atoms with van der Waals surface area (Å²) in [5, 5.41) is 9.43. The van der Waals surface area contributed by atoms with Gasteiger partial charge in [0, 0.05) is 5.92 Å². The van der Waals surface area contributed by atoms with E-state index in [0.717, 1.165) is 12.8 Å². The highest BCUT2D eigenvalue weighted by atomic mass is 14.3. The topological polar surface area (TPSA) is 23.8 Å². The smallest absolute Gasteiger partial charge is 0.0655 e. The molecule has 1 heteroatoms. The quantitative estimate of drug-likeness (QED) is 0.374. The average Bonchev–Trinajstić information content (AvgIpc) is 2.78. The molecule has 1 saturated carbocycles. The summed E-state index contributed by atoms with van der Waals surface area (Å²) < 4.78 is 0. The Labute approximate surface area is 197 Å². The first-order valence-corrected chi connectivity index (χ1v) is 14.8. The Hall–Kier alpha value is -0.510. The van der Waals surface area contributed by atoms with Crippen LogP contribution in [0.15, 0.2) is 0 Å². The van der Waals surface area contributed by atoms with Gasteiger partial charge in [0.2, 0.25) is 0 Å². The molecule has 0 heterocycles. The van der Waals surface area contributed by atoms with Crippen molar-refractivity contribution in [2.75, 3.05) is 0 Å². The first kappa shape index (κ1) is 28.5. The molecule has 1 rings (SSSR count). The molecular formula is C30H57N. The first-order chi connectivity index (χ1) is 15.4. The summed E-state index contributed by atoms with van der Waals surface area (Å²) in [6.07, 6.45) is 39.5. The molecular weight excluding hydrogens is 374 g/mol. The number of nitriles is 1. The summed E-state index contributed by atoms with van der Waals surface area (Å²) in [6.45, 7) is 0. The van der Waals surface area contributed by atoms with Crippen molar-refractivity contribution in [2.45, 2.75) is 180 Å². The zero-order valence-corrected chi connectivity index (χ0v) is 21.3. The second kappa shape index (κ2) is 24.1. The lowest BCUT2D eigenvalue weighted by Crippen LogP contribution is -1.97. The zero-order valence-electron chi connectivity index (χ0n) is 21.3. The van der Waals surface area contributed by atoms with E-state index in [1.807, 2.05) is 0 Å². The Morgan fingerprint density at radius 3 is 0.613 bits per heavy atom. The fourth-order valence-electron chi connectivity index (χ4n) is 5.30. The molecule has 0 amide bonds. The summed E-state index contributed by atoms with van der Waals surface area (Å²) in [4.78, 5) is 0. The van der Waals surface area contributed by atoms with Gasteiger partial charge in [-0.3, -0.25) is 0 Å². The summed E-state index contributed by atoms with van der Waals surface area (Å²) in [7, 11) is 0. The average molecular weight is 432 g/mol. The molecule has 0 N–H and O–H groups in total. The van der Waals surface area contributed by atoms with E-state index in [0.29, 0.717) is 5.92 Å². The van der Waals surface area contributed by atoms with Crippen LogP contribution in [0.4, 0.5) is 0 Å². The molecule has 0 atom stereocenters. The van der Waals surface area contributed by atoms with Crippen LogP contribution in [0.1, 0.15) is 180 Å². The predicted octanol–water partition coefficient (Wildman–Crippen LogP) is 11.1. The van der Waals surface area contributed by atoms with E-state index in [1.54, 1.807) is 0 Å². The van der Waals surface area contributed by atoms with Gasteiger partial charge < -0.3 is 0 Å². The van der Waals surface area contributed by atoms with Gasteiger partial charge in [0.05, 0.1) is 6.07 Å². The van der Waals surface area contributed by atoms with Crippen LogP contribution in [0.5, 0.6) is 0 Å². The monoisotopic (exact) mass is 431 g/mol. The van der Waals surface area contributed by atoms with Crippen molar-refractivity contribution in [3.8, 4) is 6.07 Å². The molecule has 1 aliphatic carbocycles. The molecule has 1 nitrogen and oxygen atoms in total. The maximum absolute atomic E-state index is 9.43. The molecule has 0 unspecified atom stereocenters. The number of nitrogens with zero attached hydrogens (tertiary/aromatic N) is 1. The summed E-state index contributed by atoms with van der Waals surface area (Å²) in [5.74, 6) is 0.330. The molecule has 0 aliphatic heterocycles. The van der Waals surface area contributed by atoms with Crippen molar-refractivity contribution in [3.63, 3.8) is 0 Å². The minimum atomic E-state index is 0.330.